The second-order valence-corrected chi connectivity index (χ2v) is 8.92. The molecule has 1 aliphatic carbocycles. The van der Waals surface area contributed by atoms with E-state index >= 15 is 0 Å². The van der Waals surface area contributed by atoms with Crippen molar-refractivity contribution < 1.29 is 23.7 Å². The molecule has 3 heterocycles. The third-order valence-electron chi connectivity index (χ3n) is 6.10. The van der Waals surface area contributed by atoms with E-state index in [2.05, 4.69) is 20.3 Å². The molecule has 1 aromatic carbocycles. The molecule has 0 amide bonds. The second kappa shape index (κ2) is 9.87. The van der Waals surface area contributed by atoms with Gasteiger partial charge in [-0.1, -0.05) is 29.8 Å². The fraction of sp³-hybridized carbons (Fsp3) is 0.417. The molecule has 3 aromatic rings. The topological polar surface area (TPSA) is 102 Å². The number of imidazole rings is 1. The van der Waals surface area contributed by atoms with E-state index in [0.29, 0.717) is 53.2 Å². The molecular weight excluding hydrogens is 463 g/mol. The Balaban J connectivity index is 1.33. The van der Waals surface area contributed by atoms with Crippen LogP contribution in [0.2, 0.25) is 5.02 Å². The van der Waals surface area contributed by atoms with Crippen LogP contribution in [-0.4, -0.2) is 59.2 Å². The van der Waals surface area contributed by atoms with Crippen LogP contribution in [0.25, 0.3) is 17.2 Å². The Kier molecular flexibility index (Phi) is 6.69. The zero-order chi connectivity index (χ0) is 23.7. The number of anilines is 1. The van der Waals surface area contributed by atoms with Crippen LogP contribution in [0, 0.1) is 5.82 Å². The summed E-state index contributed by atoms with van der Waals surface area (Å²) in [6.07, 6.45) is 5.38. The zero-order valence-corrected chi connectivity index (χ0v) is 19.4. The summed E-state index contributed by atoms with van der Waals surface area (Å²) >= 11 is 6.49. The van der Waals surface area contributed by atoms with Gasteiger partial charge in [0.1, 0.15) is 17.7 Å². The number of hydrogen-bond acceptors (Lipinski definition) is 7. The van der Waals surface area contributed by atoms with E-state index in [0.717, 1.165) is 24.0 Å². The molecule has 2 unspecified atom stereocenters. The van der Waals surface area contributed by atoms with Crippen molar-refractivity contribution in [3.05, 3.63) is 51.8 Å². The van der Waals surface area contributed by atoms with Gasteiger partial charge in [0.05, 0.1) is 42.5 Å². The number of rotatable bonds is 8. The molecule has 5 rings (SSSR count). The van der Waals surface area contributed by atoms with E-state index in [1.54, 1.807) is 13.2 Å². The minimum Gasteiger partial charge on any atom is -0.459 e. The maximum Gasteiger partial charge on any atom is 0.296 e. The highest BCUT2D eigenvalue weighted by atomic mass is 35.5. The fourth-order valence-corrected chi connectivity index (χ4v) is 4.72. The van der Waals surface area contributed by atoms with Crippen molar-refractivity contribution in [1.29, 1.82) is 0 Å². The van der Waals surface area contributed by atoms with Crippen molar-refractivity contribution in [2.45, 2.75) is 37.5 Å². The summed E-state index contributed by atoms with van der Waals surface area (Å²) in [4.78, 5) is 12.0. The lowest BCUT2D eigenvalue weighted by molar-refractivity contribution is 0.0528. The minimum absolute atomic E-state index is 0.0388. The zero-order valence-electron chi connectivity index (χ0n) is 18.7. The average molecular weight is 489 g/mol. The van der Waals surface area contributed by atoms with E-state index < -0.39 is 0 Å². The number of halogens is 2. The maximum atomic E-state index is 15.0. The number of H-pyrrole nitrogens is 1. The molecule has 0 radical (unpaired) electrons. The normalized spacial score (nSPS) is 22.1. The standard InChI is InChI=1S/C24H26ClFN4O4/c1-32-6-2-3-13-7-14-4-5-19(21(14)18(26)8-13)27-22-17(25)10-20-23(29-22)30-24(28-20)34-16-9-15(11-31)33-12-16/h2-3,7-8,10,15-16,19,31H,4-6,9,11-12H2,1H3,(H2,27,28,29,30)/b3-2+/t15?,16-,19?/m0/s1. The fourth-order valence-electron chi connectivity index (χ4n) is 4.52. The molecule has 3 N–H and O–H groups in total. The number of ether oxygens (including phenoxy) is 3. The Morgan fingerprint density at radius 1 is 1.35 bits per heavy atom. The van der Waals surface area contributed by atoms with Gasteiger partial charge in [0.25, 0.3) is 6.01 Å². The van der Waals surface area contributed by atoms with Crippen LogP contribution in [0.4, 0.5) is 10.2 Å². The molecule has 8 nitrogen and oxygen atoms in total. The van der Waals surface area contributed by atoms with Crippen molar-refractivity contribution in [3.63, 3.8) is 0 Å². The predicted octanol–water partition coefficient (Wildman–Crippen LogP) is 4.04. The minimum atomic E-state index is -0.253. The Morgan fingerprint density at radius 3 is 3.03 bits per heavy atom. The molecular formula is C24H26ClFN4O4. The van der Waals surface area contributed by atoms with Crippen LogP contribution in [0.5, 0.6) is 6.01 Å². The number of hydrogen-bond donors (Lipinski definition) is 3. The van der Waals surface area contributed by atoms with E-state index in [4.69, 9.17) is 25.8 Å². The van der Waals surface area contributed by atoms with Crippen molar-refractivity contribution in [2.75, 3.05) is 32.2 Å². The van der Waals surface area contributed by atoms with Crippen molar-refractivity contribution >= 4 is 34.7 Å². The number of benzene rings is 1. The van der Waals surface area contributed by atoms with Gasteiger partial charge < -0.3 is 29.6 Å². The molecule has 1 saturated heterocycles. The average Bonchev–Trinajstić information content (AvgIpc) is 3.53. The molecule has 2 aromatic heterocycles. The summed E-state index contributed by atoms with van der Waals surface area (Å²) in [5, 5.41) is 12.9. The number of methoxy groups -OCH3 is 1. The number of aryl methyl sites for hydroxylation is 1. The molecule has 10 heteroatoms. The third-order valence-corrected chi connectivity index (χ3v) is 6.39. The number of aliphatic hydroxyl groups excluding tert-OH is 1. The lowest BCUT2D eigenvalue weighted by Gasteiger charge is -2.16. The summed E-state index contributed by atoms with van der Waals surface area (Å²) in [6.45, 7) is 0.829. The highest BCUT2D eigenvalue weighted by Crippen LogP contribution is 2.38. The summed E-state index contributed by atoms with van der Waals surface area (Å²) < 4.78 is 31.3. The lowest BCUT2D eigenvalue weighted by Crippen LogP contribution is -2.17. The number of aliphatic hydroxyl groups is 1. The SMILES string of the molecule is COC/C=C/c1cc(F)c2c(c1)CCC2Nc1nc2nc(O[C@@H]3COC(CO)C3)[nH]c2cc1Cl. The number of pyridine rings is 1. The van der Waals surface area contributed by atoms with Gasteiger partial charge >= 0.3 is 0 Å². The first-order valence-corrected chi connectivity index (χ1v) is 11.6. The van der Waals surface area contributed by atoms with E-state index in [9.17, 15) is 9.50 Å². The van der Waals surface area contributed by atoms with Gasteiger partial charge in [0.2, 0.25) is 0 Å². The van der Waals surface area contributed by atoms with Gasteiger partial charge in [-0.25, -0.2) is 9.37 Å². The Bertz CT molecular complexity index is 1220. The summed E-state index contributed by atoms with van der Waals surface area (Å²) in [5.74, 6) is 0.190. The van der Waals surface area contributed by atoms with Crippen LogP contribution >= 0.6 is 11.6 Å². The summed E-state index contributed by atoms with van der Waals surface area (Å²) in [5.41, 5.74) is 3.51. The van der Waals surface area contributed by atoms with E-state index in [1.807, 2.05) is 18.2 Å². The summed E-state index contributed by atoms with van der Waals surface area (Å²) in [7, 11) is 1.62. The van der Waals surface area contributed by atoms with Crippen LogP contribution < -0.4 is 10.1 Å². The first kappa shape index (κ1) is 23.0. The highest BCUT2D eigenvalue weighted by Gasteiger charge is 2.29. The third kappa shape index (κ3) is 4.74. The van der Waals surface area contributed by atoms with Crippen LogP contribution in [0.15, 0.2) is 24.3 Å². The molecule has 2 aliphatic rings. The molecule has 1 fully saturated rings. The first-order chi connectivity index (χ1) is 16.5. The lowest BCUT2D eigenvalue weighted by atomic mass is 10.0. The van der Waals surface area contributed by atoms with Gasteiger partial charge in [-0.05, 0) is 36.1 Å². The van der Waals surface area contributed by atoms with Crippen LogP contribution in [-0.2, 0) is 15.9 Å². The predicted molar refractivity (Wildman–Crippen MR) is 127 cm³/mol. The van der Waals surface area contributed by atoms with Gasteiger partial charge in [0, 0.05) is 19.1 Å². The van der Waals surface area contributed by atoms with Gasteiger partial charge in [-0.15, -0.1) is 0 Å². The highest BCUT2D eigenvalue weighted by molar-refractivity contribution is 6.33. The molecule has 3 atom stereocenters. The first-order valence-electron chi connectivity index (χ1n) is 11.2. The number of fused-ring (bicyclic) bond motifs is 2. The maximum absolute atomic E-state index is 15.0. The Hall–Kier alpha value is -2.72. The number of aromatic amines is 1. The monoisotopic (exact) mass is 488 g/mol. The summed E-state index contributed by atoms with van der Waals surface area (Å²) in [6, 6.07) is 5.35. The Morgan fingerprint density at radius 2 is 2.24 bits per heavy atom. The van der Waals surface area contributed by atoms with Crippen molar-refractivity contribution in [3.8, 4) is 6.01 Å². The molecule has 180 valence electrons. The second-order valence-electron chi connectivity index (χ2n) is 8.51. The van der Waals surface area contributed by atoms with E-state index in [-0.39, 0.29) is 30.7 Å². The molecule has 1 aliphatic heterocycles. The Labute approximate surface area is 201 Å². The molecule has 0 bridgehead atoms. The molecule has 0 saturated carbocycles. The van der Waals surface area contributed by atoms with Gasteiger partial charge in [0.15, 0.2) is 5.65 Å². The quantitative estimate of drug-likeness (QED) is 0.440. The largest absolute Gasteiger partial charge is 0.459 e. The van der Waals surface area contributed by atoms with Gasteiger partial charge in [-0.3, -0.25) is 0 Å². The molecule has 34 heavy (non-hydrogen) atoms. The number of aromatic nitrogens is 3. The van der Waals surface area contributed by atoms with Crippen LogP contribution in [0.3, 0.4) is 0 Å². The number of nitrogens with one attached hydrogen (secondary N) is 2. The number of nitrogens with zero attached hydrogens (tertiary/aromatic N) is 2. The van der Waals surface area contributed by atoms with Crippen molar-refractivity contribution in [1.82, 2.24) is 15.0 Å². The smallest absolute Gasteiger partial charge is 0.296 e. The van der Waals surface area contributed by atoms with Crippen LogP contribution in [0.1, 0.15) is 35.6 Å². The van der Waals surface area contributed by atoms with Gasteiger partial charge in [-0.2, -0.15) is 4.98 Å². The van der Waals surface area contributed by atoms with E-state index in [1.165, 1.54) is 6.07 Å². The van der Waals surface area contributed by atoms with Crippen molar-refractivity contribution in [2.24, 2.45) is 0 Å². The molecule has 0 spiro atoms.